The smallest absolute Gasteiger partial charge is 0.301 e. The maximum Gasteiger partial charge on any atom is 0.441 e. The number of hydrogen-bond donors (Lipinski definition) is 0. The van der Waals surface area contributed by atoms with E-state index in [4.69, 9.17) is 0 Å². The van der Waals surface area contributed by atoms with E-state index in [0.29, 0.717) is 12.6 Å². The van der Waals surface area contributed by atoms with Gasteiger partial charge in [0.2, 0.25) is 0 Å². The maximum absolute atomic E-state index is 12.0. The van der Waals surface area contributed by atoms with Crippen LogP contribution in [0.15, 0.2) is 0 Å². The van der Waals surface area contributed by atoms with E-state index in [-0.39, 0.29) is 17.5 Å². The summed E-state index contributed by atoms with van der Waals surface area (Å²) in [7, 11) is 0. The van der Waals surface area contributed by atoms with Gasteiger partial charge in [-0.05, 0) is 50.7 Å². The molecule has 2 saturated heterocycles. The Morgan fingerprint density at radius 2 is 1.88 bits per heavy atom. The zero-order valence-corrected chi connectivity index (χ0v) is 10.7. The minimum atomic E-state index is -4.08. The normalized spacial score (nSPS) is 28.1. The van der Waals surface area contributed by atoms with Crippen LogP contribution in [0.4, 0.5) is 13.2 Å². The number of alkyl halides is 3. The van der Waals surface area contributed by atoms with E-state index in [1.165, 1.54) is 19.4 Å². The third kappa shape index (κ3) is 4.34. The topological polar surface area (TPSA) is 6.48 Å². The largest absolute Gasteiger partial charge is 0.441 e. The highest BCUT2D eigenvalue weighted by Crippen LogP contribution is 2.30. The van der Waals surface area contributed by atoms with Gasteiger partial charge >= 0.3 is 5.51 Å². The Kier molecular flexibility index (Phi) is 4.60. The van der Waals surface area contributed by atoms with Crippen LogP contribution in [-0.2, 0) is 0 Å². The SMILES string of the molecule is FC(F)(F)SCCN1CCCN2CCCC2C1. The molecule has 1 unspecified atom stereocenters. The molecule has 0 aliphatic carbocycles. The summed E-state index contributed by atoms with van der Waals surface area (Å²) in [5.74, 6) is 0.163. The first-order valence-corrected chi connectivity index (χ1v) is 7.20. The second-order valence-electron chi connectivity index (χ2n) is 4.78. The van der Waals surface area contributed by atoms with Crippen molar-refractivity contribution in [2.24, 2.45) is 0 Å². The Labute approximate surface area is 105 Å². The minimum Gasteiger partial charge on any atom is -0.301 e. The molecular weight excluding hydrogens is 249 g/mol. The first kappa shape index (κ1) is 13.5. The van der Waals surface area contributed by atoms with Crippen molar-refractivity contribution in [2.45, 2.75) is 30.8 Å². The zero-order valence-electron chi connectivity index (χ0n) is 9.88. The van der Waals surface area contributed by atoms with Gasteiger partial charge in [-0.2, -0.15) is 13.2 Å². The number of rotatable bonds is 3. The van der Waals surface area contributed by atoms with Crippen LogP contribution in [0.3, 0.4) is 0 Å². The predicted molar refractivity (Wildman–Crippen MR) is 64.2 cm³/mol. The van der Waals surface area contributed by atoms with Gasteiger partial charge in [0.05, 0.1) is 0 Å². The molecule has 17 heavy (non-hydrogen) atoms. The second-order valence-corrected chi connectivity index (χ2v) is 5.94. The lowest BCUT2D eigenvalue weighted by atomic mass is 10.2. The van der Waals surface area contributed by atoms with E-state index < -0.39 is 5.51 Å². The Morgan fingerprint density at radius 3 is 2.65 bits per heavy atom. The van der Waals surface area contributed by atoms with Crippen molar-refractivity contribution < 1.29 is 13.2 Å². The monoisotopic (exact) mass is 268 g/mol. The fraction of sp³-hybridized carbons (Fsp3) is 1.00. The lowest BCUT2D eigenvalue weighted by Gasteiger charge is -2.25. The van der Waals surface area contributed by atoms with Gasteiger partial charge in [0.15, 0.2) is 0 Å². The highest BCUT2D eigenvalue weighted by molar-refractivity contribution is 8.00. The van der Waals surface area contributed by atoms with Gasteiger partial charge < -0.3 is 4.90 Å². The van der Waals surface area contributed by atoms with Crippen molar-refractivity contribution >= 4 is 11.8 Å². The average Bonchev–Trinajstić information content (AvgIpc) is 2.56. The number of thioether (sulfide) groups is 1. The fourth-order valence-electron chi connectivity index (χ4n) is 2.78. The Balaban J connectivity index is 1.73. The van der Waals surface area contributed by atoms with Crippen LogP contribution < -0.4 is 0 Å². The van der Waals surface area contributed by atoms with Crippen molar-refractivity contribution in [3.8, 4) is 0 Å². The fourth-order valence-corrected chi connectivity index (χ4v) is 3.36. The van der Waals surface area contributed by atoms with E-state index in [1.54, 1.807) is 0 Å². The molecule has 0 aromatic heterocycles. The van der Waals surface area contributed by atoms with E-state index in [1.807, 2.05) is 0 Å². The Hall–Kier alpha value is 0.0600. The number of halogens is 3. The molecule has 0 radical (unpaired) electrons. The minimum absolute atomic E-state index is 0.104. The van der Waals surface area contributed by atoms with E-state index in [2.05, 4.69) is 9.80 Å². The molecule has 1 atom stereocenters. The quantitative estimate of drug-likeness (QED) is 0.776. The third-order valence-corrected chi connectivity index (χ3v) is 4.27. The number of fused-ring (bicyclic) bond motifs is 1. The Bertz CT molecular complexity index is 247. The summed E-state index contributed by atoms with van der Waals surface area (Å²) >= 11 is 0.104. The van der Waals surface area contributed by atoms with Crippen LogP contribution in [0.5, 0.6) is 0 Å². The molecule has 0 N–H and O–H groups in total. The van der Waals surface area contributed by atoms with Gasteiger partial charge in [-0.25, -0.2) is 0 Å². The summed E-state index contributed by atoms with van der Waals surface area (Å²) < 4.78 is 36.1. The molecule has 0 saturated carbocycles. The molecule has 100 valence electrons. The molecule has 2 heterocycles. The highest BCUT2D eigenvalue weighted by Gasteiger charge is 2.30. The molecule has 2 nitrogen and oxygen atoms in total. The molecule has 2 aliphatic heterocycles. The summed E-state index contributed by atoms with van der Waals surface area (Å²) in [6.07, 6.45) is 3.55. The second kappa shape index (κ2) is 5.80. The highest BCUT2D eigenvalue weighted by atomic mass is 32.2. The molecule has 2 rings (SSSR count). The van der Waals surface area contributed by atoms with Crippen LogP contribution in [0.2, 0.25) is 0 Å². The molecule has 2 fully saturated rings. The third-order valence-electron chi connectivity index (χ3n) is 3.56. The van der Waals surface area contributed by atoms with E-state index in [0.717, 1.165) is 26.1 Å². The van der Waals surface area contributed by atoms with Gasteiger partial charge in [-0.1, -0.05) is 0 Å². The van der Waals surface area contributed by atoms with Gasteiger partial charge in [-0.3, -0.25) is 4.90 Å². The van der Waals surface area contributed by atoms with Crippen LogP contribution in [0.1, 0.15) is 19.3 Å². The molecule has 0 aromatic carbocycles. The Morgan fingerprint density at radius 1 is 1.12 bits per heavy atom. The van der Waals surface area contributed by atoms with Crippen molar-refractivity contribution in [2.75, 3.05) is 38.5 Å². The van der Waals surface area contributed by atoms with Crippen molar-refractivity contribution in [1.29, 1.82) is 0 Å². The van der Waals surface area contributed by atoms with Crippen LogP contribution in [0, 0.1) is 0 Å². The van der Waals surface area contributed by atoms with Crippen LogP contribution in [0.25, 0.3) is 0 Å². The first-order valence-electron chi connectivity index (χ1n) is 6.22. The van der Waals surface area contributed by atoms with Gasteiger partial charge in [0.1, 0.15) is 0 Å². The molecular formula is C11H19F3N2S. The molecule has 0 aromatic rings. The van der Waals surface area contributed by atoms with Crippen molar-refractivity contribution in [1.82, 2.24) is 9.80 Å². The van der Waals surface area contributed by atoms with E-state index >= 15 is 0 Å². The van der Waals surface area contributed by atoms with Gasteiger partial charge in [0, 0.05) is 24.9 Å². The number of nitrogens with zero attached hydrogens (tertiary/aromatic N) is 2. The molecule has 6 heteroatoms. The van der Waals surface area contributed by atoms with E-state index in [9.17, 15) is 13.2 Å². The molecule has 0 bridgehead atoms. The van der Waals surface area contributed by atoms with Crippen molar-refractivity contribution in [3.63, 3.8) is 0 Å². The molecule has 0 amide bonds. The first-order chi connectivity index (χ1) is 8.04. The lowest BCUT2D eigenvalue weighted by Crippen LogP contribution is -2.37. The zero-order chi connectivity index (χ0) is 12.3. The maximum atomic E-state index is 12.0. The summed E-state index contributed by atoms with van der Waals surface area (Å²) in [4.78, 5) is 4.70. The molecule has 0 spiro atoms. The van der Waals surface area contributed by atoms with Gasteiger partial charge in [0.25, 0.3) is 0 Å². The average molecular weight is 268 g/mol. The van der Waals surface area contributed by atoms with Crippen LogP contribution >= 0.6 is 11.8 Å². The number of hydrogen-bond acceptors (Lipinski definition) is 3. The summed E-state index contributed by atoms with van der Waals surface area (Å²) in [6.45, 7) is 4.77. The lowest BCUT2D eigenvalue weighted by molar-refractivity contribution is -0.0328. The molecule has 2 aliphatic rings. The standard InChI is InChI=1S/C11H19F3N2S/c12-11(13,14)17-8-7-15-4-2-6-16-5-1-3-10(16)9-15/h10H,1-9H2. The predicted octanol–water partition coefficient (Wildman–Crippen LogP) is 2.41. The van der Waals surface area contributed by atoms with Gasteiger partial charge in [-0.15, -0.1) is 0 Å². The summed E-state index contributed by atoms with van der Waals surface area (Å²) in [5.41, 5.74) is -4.08. The summed E-state index contributed by atoms with van der Waals surface area (Å²) in [5, 5.41) is 0. The van der Waals surface area contributed by atoms with Crippen LogP contribution in [-0.4, -0.2) is 59.8 Å². The summed E-state index contributed by atoms with van der Waals surface area (Å²) in [6, 6.07) is 0.591. The van der Waals surface area contributed by atoms with Crippen molar-refractivity contribution in [3.05, 3.63) is 0 Å².